The molecule has 44 heavy (non-hydrogen) atoms. The van der Waals surface area contributed by atoms with Crippen molar-refractivity contribution < 1.29 is 18.1 Å². The van der Waals surface area contributed by atoms with Crippen LogP contribution in [0.15, 0.2) is 40.8 Å². The molecule has 1 aromatic rings. The molecule has 0 N–H and O–H groups in total. The summed E-state index contributed by atoms with van der Waals surface area (Å²) in [6.45, 7) is 11.6. The van der Waals surface area contributed by atoms with Crippen molar-refractivity contribution in [3.8, 4) is 0 Å². The first-order valence-electron chi connectivity index (χ1n) is 16.8. The van der Waals surface area contributed by atoms with Crippen molar-refractivity contribution in [3.63, 3.8) is 0 Å². The van der Waals surface area contributed by atoms with E-state index >= 15 is 0 Å². The van der Waals surface area contributed by atoms with Gasteiger partial charge < -0.3 is 0 Å². The van der Waals surface area contributed by atoms with Gasteiger partial charge in [-0.1, -0.05) is 77.7 Å². The van der Waals surface area contributed by atoms with Crippen LogP contribution in [0, 0.1) is 56.5 Å². The Morgan fingerprint density at radius 1 is 1.07 bits per heavy atom. The molecule has 0 aromatic heterocycles. The number of sulfonamides is 1. The smallest absolute Gasteiger partial charge is 0.280 e. The second-order valence-electron chi connectivity index (χ2n) is 15.3. The van der Waals surface area contributed by atoms with Gasteiger partial charge in [-0.25, -0.2) is 8.42 Å². The minimum absolute atomic E-state index is 0.000856. The first-order valence-corrected chi connectivity index (χ1v) is 18.6. The number of benzene rings is 1. The van der Waals surface area contributed by atoms with E-state index in [4.69, 9.17) is 11.6 Å². The molecule has 7 nitrogen and oxygen atoms in total. The van der Waals surface area contributed by atoms with Crippen LogP contribution in [0.3, 0.4) is 0 Å². The monoisotopic (exact) mass is 646 g/mol. The third kappa shape index (κ3) is 6.04. The molecule has 244 valence electrons. The van der Waals surface area contributed by atoms with E-state index in [2.05, 4.69) is 40.7 Å². The van der Waals surface area contributed by atoms with Crippen LogP contribution in [0.1, 0.15) is 105 Å². The van der Waals surface area contributed by atoms with Crippen LogP contribution in [0.25, 0.3) is 0 Å². The Bertz CT molecular complexity index is 1390. The van der Waals surface area contributed by atoms with Crippen molar-refractivity contribution >= 4 is 32.6 Å². The number of hydrogen-bond acceptors (Lipinski definition) is 5. The summed E-state index contributed by atoms with van der Waals surface area (Å²) < 4.78 is 28.9. The van der Waals surface area contributed by atoms with E-state index < -0.39 is 43.4 Å². The lowest BCUT2D eigenvalue weighted by Crippen LogP contribution is -2.53. The zero-order valence-electron chi connectivity index (χ0n) is 27.1. The van der Waals surface area contributed by atoms with Crippen molar-refractivity contribution in [2.75, 3.05) is 6.54 Å². The molecular formula is C35H51ClN2O5S. The Morgan fingerprint density at radius 2 is 1.80 bits per heavy atom. The standard InChI is InChI=1S/C35H51ClN2O5S/c1-23(2)9-8-10-24(3)28-15-16-29-27-14-13-25-21-26(17-19-34(25,4)30(27)18-20-35(28,29)5)37(22-33(36)39)44(42,43)32-12-7-6-11-31(32)38(40)41/h6-7,11-13,23-24,26-30H,8-10,14-22H2,1-5H3/t24-,26+,27+,28-,29+,30+,34+,35-/m1/s1. The summed E-state index contributed by atoms with van der Waals surface area (Å²) in [4.78, 5) is 22.8. The highest BCUT2D eigenvalue weighted by Crippen LogP contribution is 2.67. The Kier molecular flexibility index (Phi) is 9.76. The quantitative estimate of drug-likeness (QED) is 0.104. The maximum Gasteiger partial charge on any atom is 0.289 e. The Morgan fingerprint density at radius 3 is 2.48 bits per heavy atom. The van der Waals surface area contributed by atoms with E-state index in [-0.39, 0.29) is 5.41 Å². The van der Waals surface area contributed by atoms with Gasteiger partial charge in [0.2, 0.25) is 5.24 Å². The molecule has 0 radical (unpaired) electrons. The minimum Gasteiger partial charge on any atom is -0.280 e. The number of fused-ring (bicyclic) bond motifs is 5. The normalized spacial score (nSPS) is 34.2. The van der Waals surface area contributed by atoms with Crippen LogP contribution in [-0.4, -0.2) is 35.5 Å². The van der Waals surface area contributed by atoms with Gasteiger partial charge in [0, 0.05) is 12.1 Å². The lowest BCUT2D eigenvalue weighted by molar-refractivity contribution is -0.387. The molecule has 0 unspecified atom stereocenters. The molecule has 4 aliphatic rings. The lowest BCUT2D eigenvalue weighted by atomic mass is 9.47. The Labute approximate surface area is 269 Å². The predicted octanol–water partition coefficient (Wildman–Crippen LogP) is 8.76. The van der Waals surface area contributed by atoms with Crippen LogP contribution in [0.5, 0.6) is 0 Å². The van der Waals surface area contributed by atoms with E-state index in [1.54, 1.807) is 0 Å². The topological polar surface area (TPSA) is 97.6 Å². The average Bonchev–Trinajstić information content (AvgIpc) is 3.32. The summed E-state index contributed by atoms with van der Waals surface area (Å²) in [5, 5.41) is 10.9. The molecule has 8 atom stereocenters. The third-order valence-electron chi connectivity index (χ3n) is 12.6. The molecule has 5 rings (SSSR count). The third-order valence-corrected chi connectivity index (χ3v) is 14.7. The van der Waals surface area contributed by atoms with Gasteiger partial charge in [0.05, 0.1) is 11.5 Å². The van der Waals surface area contributed by atoms with Gasteiger partial charge in [-0.3, -0.25) is 14.9 Å². The Hall–Kier alpha value is -1.77. The number of allylic oxidation sites excluding steroid dienone is 1. The maximum absolute atomic E-state index is 13.9. The van der Waals surface area contributed by atoms with Crippen molar-refractivity contribution in [2.24, 2.45) is 46.3 Å². The fourth-order valence-corrected chi connectivity index (χ4v) is 12.4. The van der Waals surface area contributed by atoms with Crippen LogP contribution in [0.2, 0.25) is 0 Å². The minimum atomic E-state index is -4.34. The van der Waals surface area contributed by atoms with Crippen molar-refractivity contribution in [1.82, 2.24) is 4.31 Å². The number of para-hydroxylation sites is 1. The van der Waals surface area contributed by atoms with Gasteiger partial charge in [-0.15, -0.1) is 0 Å². The van der Waals surface area contributed by atoms with E-state index in [0.29, 0.717) is 30.1 Å². The molecule has 0 heterocycles. The maximum atomic E-state index is 13.9. The highest BCUT2D eigenvalue weighted by atomic mass is 35.5. The molecule has 9 heteroatoms. The highest BCUT2D eigenvalue weighted by molar-refractivity contribution is 7.89. The summed E-state index contributed by atoms with van der Waals surface area (Å²) in [5.41, 5.74) is 1.20. The molecule has 3 saturated carbocycles. The van der Waals surface area contributed by atoms with Gasteiger partial charge in [0.1, 0.15) is 0 Å². The van der Waals surface area contributed by atoms with Crippen LogP contribution < -0.4 is 0 Å². The van der Waals surface area contributed by atoms with Crippen LogP contribution >= 0.6 is 11.6 Å². The van der Waals surface area contributed by atoms with Gasteiger partial charge in [-0.2, -0.15) is 4.31 Å². The molecule has 0 spiro atoms. The zero-order chi connectivity index (χ0) is 32.0. The summed E-state index contributed by atoms with van der Waals surface area (Å²) in [7, 11) is -4.34. The number of nitro groups is 1. The van der Waals surface area contributed by atoms with Crippen molar-refractivity contribution in [2.45, 2.75) is 116 Å². The summed E-state index contributed by atoms with van der Waals surface area (Å²) in [6.07, 6.45) is 14.5. The van der Waals surface area contributed by atoms with Crippen LogP contribution in [-0.2, 0) is 14.8 Å². The number of carbonyl (C=O) groups excluding carboxylic acids is 1. The van der Waals surface area contributed by atoms with Crippen molar-refractivity contribution in [1.29, 1.82) is 0 Å². The fraction of sp³-hybridized carbons (Fsp3) is 0.743. The molecule has 0 amide bonds. The Balaban J connectivity index is 1.37. The summed E-state index contributed by atoms with van der Waals surface area (Å²) in [6, 6.07) is 4.87. The number of halogens is 1. The molecule has 3 fully saturated rings. The number of carbonyl (C=O) groups is 1. The first-order chi connectivity index (χ1) is 20.7. The zero-order valence-corrected chi connectivity index (χ0v) is 28.7. The van der Waals surface area contributed by atoms with E-state index in [0.717, 1.165) is 40.8 Å². The second-order valence-corrected chi connectivity index (χ2v) is 17.6. The molecule has 0 bridgehead atoms. The number of nitro benzene ring substituents is 1. The molecular weight excluding hydrogens is 596 g/mol. The predicted molar refractivity (Wildman–Crippen MR) is 175 cm³/mol. The van der Waals surface area contributed by atoms with Gasteiger partial charge in [-0.05, 0) is 115 Å². The van der Waals surface area contributed by atoms with Crippen molar-refractivity contribution in [3.05, 3.63) is 46.0 Å². The van der Waals surface area contributed by atoms with E-state index in [9.17, 15) is 23.3 Å². The van der Waals surface area contributed by atoms with Gasteiger partial charge in [0.15, 0.2) is 4.90 Å². The van der Waals surface area contributed by atoms with E-state index in [1.807, 2.05) is 0 Å². The first kappa shape index (κ1) is 33.6. The SMILES string of the molecule is CC(C)CCC[C@@H](C)[C@H]1CC[C@H]2[C@@H]3CC=C4C[C@@H](N(CC(=O)Cl)S(=O)(=O)c5ccccc5[N+](=O)[O-])CC[C@]4(C)[C@H]3CC[C@]12C. The molecule has 1 aromatic carbocycles. The summed E-state index contributed by atoms with van der Waals surface area (Å²) in [5.74, 6) is 4.29. The number of nitrogens with zero attached hydrogens (tertiary/aromatic N) is 2. The fourth-order valence-electron chi connectivity index (χ4n) is 10.4. The molecule has 0 saturated heterocycles. The average molecular weight is 647 g/mol. The van der Waals surface area contributed by atoms with Crippen LogP contribution in [0.4, 0.5) is 5.69 Å². The second kappa shape index (κ2) is 12.8. The van der Waals surface area contributed by atoms with Gasteiger partial charge >= 0.3 is 0 Å². The lowest BCUT2D eigenvalue weighted by Gasteiger charge is -2.59. The highest BCUT2D eigenvalue weighted by Gasteiger charge is 2.59. The number of hydrogen-bond donors (Lipinski definition) is 0. The van der Waals surface area contributed by atoms with E-state index in [1.165, 1.54) is 74.8 Å². The largest absolute Gasteiger partial charge is 0.289 e. The van der Waals surface area contributed by atoms with Gasteiger partial charge in [0.25, 0.3) is 15.7 Å². The molecule has 4 aliphatic carbocycles. The number of rotatable bonds is 11. The summed E-state index contributed by atoms with van der Waals surface area (Å²) >= 11 is 5.79. The molecule has 0 aliphatic heterocycles.